The van der Waals surface area contributed by atoms with E-state index in [1.807, 2.05) is 0 Å². The maximum absolute atomic E-state index is 11.7. The first-order chi connectivity index (χ1) is 9.74. The maximum Gasteiger partial charge on any atom is 0.338 e. The number of ether oxygens (including phenoxy) is 4. The van der Waals surface area contributed by atoms with E-state index in [4.69, 9.17) is 18.9 Å². The van der Waals surface area contributed by atoms with Gasteiger partial charge in [-0.1, -0.05) is 6.07 Å². The van der Waals surface area contributed by atoms with Gasteiger partial charge < -0.3 is 18.9 Å². The van der Waals surface area contributed by atoms with Gasteiger partial charge in [0.1, 0.15) is 6.61 Å². The van der Waals surface area contributed by atoms with Crippen molar-refractivity contribution in [3.05, 3.63) is 29.8 Å². The molecule has 0 aliphatic rings. The number of carbonyl (C=O) groups is 1. The molecule has 5 nitrogen and oxygen atoms in total. The van der Waals surface area contributed by atoms with Crippen LogP contribution in [0.15, 0.2) is 29.2 Å². The molecule has 1 rings (SSSR count). The SMILES string of the molecule is COCCOCCOCCOC(=O)c1cccc(S)c1. The lowest BCUT2D eigenvalue weighted by atomic mass is 10.2. The first kappa shape index (κ1) is 17.0. The number of carbonyl (C=O) groups excluding carboxylic acids is 1. The van der Waals surface area contributed by atoms with Crippen molar-refractivity contribution in [2.24, 2.45) is 0 Å². The van der Waals surface area contributed by atoms with Gasteiger partial charge in [0.15, 0.2) is 0 Å². The van der Waals surface area contributed by atoms with E-state index in [2.05, 4.69) is 12.6 Å². The molecule has 0 radical (unpaired) electrons. The van der Waals surface area contributed by atoms with Gasteiger partial charge in [-0.25, -0.2) is 4.79 Å². The van der Waals surface area contributed by atoms with E-state index in [1.165, 1.54) is 0 Å². The zero-order chi connectivity index (χ0) is 14.6. The van der Waals surface area contributed by atoms with E-state index >= 15 is 0 Å². The summed E-state index contributed by atoms with van der Waals surface area (Å²) in [6.07, 6.45) is 0. The first-order valence-corrected chi connectivity index (χ1v) is 6.79. The third kappa shape index (κ3) is 7.49. The van der Waals surface area contributed by atoms with E-state index in [9.17, 15) is 4.79 Å². The Morgan fingerprint density at radius 3 is 2.35 bits per heavy atom. The topological polar surface area (TPSA) is 54.0 Å². The molecule has 0 aliphatic carbocycles. The van der Waals surface area contributed by atoms with Crippen LogP contribution in [0.25, 0.3) is 0 Å². The largest absolute Gasteiger partial charge is 0.460 e. The van der Waals surface area contributed by atoms with Gasteiger partial charge in [-0.2, -0.15) is 0 Å². The lowest BCUT2D eigenvalue weighted by Gasteiger charge is -2.07. The monoisotopic (exact) mass is 300 g/mol. The standard InChI is InChI=1S/C14H20O5S/c1-16-5-6-17-7-8-18-9-10-19-14(15)12-3-2-4-13(20)11-12/h2-4,11,20H,5-10H2,1H3. The van der Waals surface area contributed by atoms with Crippen LogP contribution in [-0.2, 0) is 18.9 Å². The molecule has 0 atom stereocenters. The number of hydrogen-bond acceptors (Lipinski definition) is 6. The number of benzene rings is 1. The highest BCUT2D eigenvalue weighted by Crippen LogP contribution is 2.09. The molecule has 0 aromatic heterocycles. The quantitative estimate of drug-likeness (QED) is 0.406. The highest BCUT2D eigenvalue weighted by atomic mass is 32.1. The molecule has 1 aromatic carbocycles. The second-order valence-corrected chi connectivity index (χ2v) is 4.42. The summed E-state index contributed by atoms with van der Waals surface area (Å²) >= 11 is 4.17. The molecule has 1 aromatic rings. The lowest BCUT2D eigenvalue weighted by Crippen LogP contribution is -2.13. The first-order valence-electron chi connectivity index (χ1n) is 6.34. The van der Waals surface area contributed by atoms with Crippen molar-refractivity contribution >= 4 is 18.6 Å². The fourth-order valence-electron chi connectivity index (χ4n) is 1.37. The van der Waals surface area contributed by atoms with Gasteiger partial charge in [0.2, 0.25) is 0 Å². The van der Waals surface area contributed by atoms with E-state index in [1.54, 1.807) is 31.4 Å². The molecule has 0 spiro atoms. The van der Waals surface area contributed by atoms with Crippen molar-refractivity contribution in [1.82, 2.24) is 0 Å². The summed E-state index contributed by atoms with van der Waals surface area (Å²) in [7, 11) is 1.62. The Morgan fingerprint density at radius 1 is 1.05 bits per heavy atom. The van der Waals surface area contributed by atoms with Crippen LogP contribution in [0.2, 0.25) is 0 Å². The normalized spacial score (nSPS) is 10.5. The summed E-state index contributed by atoms with van der Waals surface area (Å²) < 4.78 is 20.4. The molecule has 0 unspecified atom stereocenters. The number of thiol groups is 1. The van der Waals surface area contributed by atoms with E-state index in [0.29, 0.717) is 38.6 Å². The van der Waals surface area contributed by atoms with Gasteiger partial charge in [-0.15, -0.1) is 12.6 Å². The molecule has 112 valence electrons. The third-order valence-electron chi connectivity index (χ3n) is 2.35. The number of hydrogen-bond donors (Lipinski definition) is 1. The minimum atomic E-state index is -0.374. The molecule has 0 saturated carbocycles. The zero-order valence-electron chi connectivity index (χ0n) is 11.5. The lowest BCUT2D eigenvalue weighted by molar-refractivity contribution is 0.00569. The number of esters is 1. The van der Waals surface area contributed by atoms with Crippen molar-refractivity contribution in [2.75, 3.05) is 46.8 Å². The Balaban J connectivity index is 2.02. The summed E-state index contributed by atoms with van der Waals surface area (Å²) in [6.45, 7) is 2.65. The number of rotatable bonds is 10. The predicted molar refractivity (Wildman–Crippen MR) is 77.5 cm³/mol. The average molecular weight is 300 g/mol. The molecular formula is C14H20O5S. The van der Waals surface area contributed by atoms with Crippen LogP contribution in [0.4, 0.5) is 0 Å². The average Bonchev–Trinajstić information content (AvgIpc) is 2.45. The maximum atomic E-state index is 11.7. The minimum absolute atomic E-state index is 0.216. The van der Waals surface area contributed by atoms with Crippen molar-refractivity contribution in [1.29, 1.82) is 0 Å². The van der Waals surface area contributed by atoms with Crippen molar-refractivity contribution in [3.63, 3.8) is 0 Å². The van der Waals surface area contributed by atoms with Gasteiger partial charge >= 0.3 is 5.97 Å². The Labute approximate surface area is 124 Å². The van der Waals surface area contributed by atoms with Crippen LogP contribution in [0.5, 0.6) is 0 Å². The Morgan fingerprint density at radius 2 is 1.70 bits per heavy atom. The molecule has 0 fully saturated rings. The molecular weight excluding hydrogens is 280 g/mol. The molecule has 20 heavy (non-hydrogen) atoms. The van der Waals surface area contributed by atoms with Gasteiger partial charge in [-0.05, 0) is 18.2 Å². The molecule has 0 saturated heterocycles. The Kier molecular flexibility index (Phi) is 9.06. The molecule has 6 heteroatoms. The summed E-state index contributed by atoms with van der Waals surface area (Å²) in [6, 6.07) is 6.90. The smallest absolute Gasteiger partial charge is 0.338 e. The predicted octanol–water partition coefficient (Wildman–Crippen LogP) is 1.81. The molecule has 0 N–H and O–H groups in total. The summed E-state index contributed by atoms with van der Waals surface area (Å²) in [5, 5.41) is 0. The fourth-order valence-corrected chi connectivity index (χ4v) is 1.60. The van der Waals surface area contributed by atoms with E-state index in [-0.39, 0.29) is 12.6 Å². The van der Waals surface area contributed by atoms with Crippen molar-refractivity contribution < 1.29 is 23.7 Å². The summed E-state index contributed by atoms with van der Waals surface area (Å²) in [5.74, 6) is -0.374. The number of methoxy groups -OCH3 is 1. The fraction of sp³-hybridized carbons (Fsp3) is 0.500. The second kappa shape index (κ2) is 10.7. The Bertz CT molecular complexity index is 397. The molecule has 0 bridgehead atoms. The van der Waals surface area contributed by atoms with Gasteiger partial charge in [-0.3, -0.25) is 0 Å². The van der Waals surface area contributed by atoms with Gasteiger partial charge in [0.25, 0.3) is 0 Å². The van der Waals surface area contributed by atoms with Crippen LogP contribution in [-0.4, -0.2) is 52.7 Å². The third-order valence-corrected chi connectivity index (χ3v) is 2.62. The highest BCUT2D eigenvalue weighted by molar-refractivity contribution is 7.80. The minimum Gasteiger partial charge on any atom is -0.460 e. The second-order valence-electron chi connectivity index (χ2n) is 3.90. The molecule has 0 heterocycles. The van der Waals surface area contributed by atoms with Crippen LogP contribution in [0.3, 0.4) is 0 Å². The van der Waals surface area contributed by atoms with Crippen molar-refractivity contribution in [2.45, 2.75) is 4.90 Å². The highest BCUT2D eigenvalue weighted by Gasteiger charge is 2.06. The van der Waals surface area contributed by atoms with E-state index < -0.39 is 0 Å². The molecule has 0 amide bonds. The van der Waals surface area contributed by atoms with Crippen LogP contribution >= 0.6 is 12.6 Å². The van der Waals surface area contributed by atoms with Crippen LogP contribution in [0, 0.1) is 0 Å². The van der Waals surface area contributed by atoms with Gasteiger partial charge in [0.05, 0.1) is 38.6 Å². The summed E-state index contributed by atoms with van der Waals surface area (Å²) in [5.41, 5.74) is 0.486. The van der Waals surface area contributed by atoms with E-state index in [0.717, 1.165) is 4.90 Å². The van der Waals surface area contributed by atoms with Crippen molar-refractivity contribution in [3.8, 4) is 0 Å². The van der Waals surface area contributed by atoms with Crippen LogP contribution < -0.4 is 0 Å². The summed E-state index contributed by atoms with van der Waals surface area (Å²) in [4.78, 5) is 12.4. The molecule has 0 aliphatic heterocycles. The zero-order valence-corrected chi connectivity index (χ0v) is 12.4. The van der Waals surface area contributed by atoms with Crippen LogP contribution in [0.1, 0.15) is 10.4 Å². The Hall–Kier alpha value is -1.08. The van der Waals surface area contributed by atoms with Gasteiger partial charge in [0, 0.05) is 12.0 Å².